The summed E-state index contributed by atoms with van der Waals surface area (Å²) < 4.78 is 27.2. The Hall–Kier alpha value is -0.360. The smallest absolute Gasteiger partial charge is 0.229 e. The minimum Gasteiger partial charge on any atom is -0.392 e. The molecule has 1 heterocycles. The fourth-order valence-corrected chi connectivity index (χ4v) is 4.94. The van der Waals surface area contributed by atoms with Crippen LogP contribution in [0.2, 0.25) is 0 Å². The summed E-state index contributed by atoms with van der Waals surface area (Å²) in [5.74, 6) is 0. The summed E-state index contributed by atoms with van der Waals surface area (Å²) in [6, 6.07) is 3.51. The van der Waals surface area contributed by atoms with Crippen LogP contribution >= 0.6 is 45.7 Å². The number of rotatable bonds is 5. The number of nitrogens with zero attached hydrogens (tertiary/aromatic N) is 1. The van der Waals surface area contributed by atoms with Gasteiger partial charge in [-0.15, -0.1) is 11.3 Å². The lowest BCUT2D eigenvalue weighted by molar-refractivity contribution is 0.281. The van der Waals surface area contributed by atoms with E-state index < -0.39 is 10.0 Å². The Balaban J connectivity index is 2.44. The number of thiazole rings is 1. The molecule has 0 spiro atoms. The zero-order chi connectivity index (χ0) is 15.6. The molecule has 0 aliphatic rings. The van der Waals surface area contributed by atoms with Crippen LogP contribution in [0.1, 0.15) is 11.3 Å². The molecule has 2 aromatic rings. The number of aromatic nitrogens is 1. The Labute approximate surface area is 145 Å². The molecular formula is C12H13IN2O3S3. The first-order valence-corrected chi connectivity index (χ1v) is 10.5. The third-order valence-electron chi connectivity index (χ3n) is 2.41. The standard InChI is InChI=1S/C12H13IN2O3S3/c1-7-6-19-12(14-7)20-11-4-9(13)8(5-16)3-10(11)15-21(2,17)18/h3-4,6,15-16H,5H2,1-2H3. The highest BCUT2D eigenvalue weighted by Gasteiger charge is 2.14. The molecule has 0 aliphatic heterocycles. The maximum Gasteiger partial charge on any atom is 0.229 e. The second kappa shape index (κ2) is 6.82. The Morgan fingerprint density at radius 1 is 1.48 bits per heavy atom. The number of halogens is 1. The van der Waals surface area contributed by atoms with Crippen molar-refractivity contribution < 1.29 is 13.5 Å². The average Bonchev–Trinajstić information content (AvgIpc) is 2.76. The third-order valence-corrected chi connectivity index (χ3v) is 6.12. The monoisotopic (exact) mass is 456 g/mol. The van der Waals surface area contributed by atoms with Crippen LogP contribution in [0.5, 0.6) is 0 Å². The van der Waals surface area contributed by atoms with E-state index in [0.29, 0.717) is 11.3 Å². The van der Waals surface area contributed by atoms with Crippen LogP contribution in [0.4, 0.5) is 5.69 Å². The second-order valence-corrected chi connectivity index (χ2v) is 9.39. The van der Waals surface area contributed by atoms with Gasteiger partial charge in [-0.25, -0.2) is 13.4 Å². The minimum absolute atomic E-state index is 0.141. The Morgan fingerprint density at radius 3 is 2.71 bits per heavy atom. The number of aliphatic hydroxyl groups is 1. The van der Waals surface area contributed by atoms with Gasteiger partial charge in [0.1, 0.15) is 0 Å². The van der Waals surface area contributed by atoms with Gasteiger partial charge in [0.25, 0.3) is 0 Å². The molecule has 114 valence electrons. The molecule has 21 heavy (non-hydrogen) atoms. The molecule has 0 radical (unpaired) electrons. The number of nitrogens with one attached hydrogen (secondary N) is 1. The molecule has 0 bridgehead atoms. The molecule has 0 aliphatic carbocycles. The van der Waals surface area contributed by atoms with Crippen molar-refractivity contribution in [3.63, 3.8) is 0 Å². The van der Waals surface area contributed by atoms with E-state index in [1.165, 1.54) is 23.1 Å². The van der Waals surface area contributed by atoms with Gasteiger partial charge in [0.2, 0.25) is 10.0 Å². The van der Waals surface area contributed by atoms with Crippen molar-refractivity contribution in [2.45, 2.75) is 22.8 Å². The zero-order valence-electron chi connectivity index (χ0n) is 11.3. The van der Waals surface area contributed by atoms with Crippen LogP contribution in [-0.4, -0.2) is 24.8 Å². The molecule has 1 aromatic carbocycles. The van der Waals surface area contributed by atoms with Crippen molar-refractivity contribution >= 4 is 61.4 Å². The van der Waals surface area contributed by atoms with Gasteiger partial charge in [0.05, 0.1) is 18.6 Å². The summed E-state index contributed by atoms with van der Waals surface area (Å²) in [5, 5.41) is 11.3. The zero-order valence-corrected chi connectivity index (χ0v) is 15.9. The van der Waals surface area contributed by atoms with Gasteiger partial charge in [0, 0.05) is 19.5 Å². The fourth-order valence-electron chi connectivity index (χ4n) is 1.56. The van der Waals surface area contributed by atoms with E-state index in [1.807, 2.05) is 18.4 Å². The summed E-state index contributed by atoms with van der Waals surface area (Å²) in [7, 11) is -3.39. The number of anilines is 1. The fraction of sp³-hybridized carbons (Fsp3) is 0.250. The normalized spacial score (nSPS) is 11.6. The highest BCUT2D eigenvalue weighted by molar-refractivity contribution is 14.1. The lowest BCUT2D eigenvalue weighted by Crippen LogP contribution is -2.11. The minimum atomic E-state index is -3.39. The maximum absolute atomic E-state index is 11.5. The highest BCUT2D eigenvalue weighted by Crippen LogP contribution is 2.37. The number of hydrogen-bond acceptors (Lipinski definition) is 6. The van der Waals surface area contributed by atoms with Crippen LogP contribution in [0, 0.1) is 10.5 Å². The number of aliphatic hydroxyl groups excluding tert-OH is 1. The van der Waals surface area contributed by atoms with Crippen molar-refractivity contribution in [1.29, 1.82) is 0 Å². The topological polar surface area (TPSA) is 79.3 Å². The van der Waals surface area contributed by atoms with E-state index in [1.54, 1.807) is 6.07 Å². The molecular weight excluding hydrogens is 443 g/mol. The largest absolute Gasteiger partial charge is 0.392 e. The first kappa shape index (κ1) is 17.0. The first-order valence-electron chi connectivity index (χ1n) is 5.79. The predicted molar refractivity (Wildman–Crippen MR) is 94.5 cm³/mol. The van der Waals surface area contributed by atoms with E-state index in [2.05, 4.69) is 32.3 Å². The van der Waals surface area contributed by atoms with Gasteiger partial charge in [0.15, 0.2) is 4.34 Å². The SMILES string of the molecule is Cc1csc(Sc2cc(I)c(CO)cc2NS(C)(=O)=O)n1. The number of benzene rings is 1. The van der Waals surface area contributed by atoms with Gasteiger partial charge in [-0.05, 0) is 47.2 Å². The molecule has 0 saturated carbocycles. The van der Waals surface area contributed by atoms with Crippen molar-refractivity contribution in [3.8, 4) is 0 Å². The molecule has 0 saturated heterocycles. The molecule has 5 nitrogen and oxygen atoms in total. The van der Waals surface area contributed by atoms with Crippen molar-refractivity contribution in [3.05, 3.63) is 32.3 Å². The van der Waals surface area contributed by atoms with E-state index in [9.17, 15) is 13.5 Å². The van der Waals surface area contributed by atoms with Gasteiger partial charge in [-0.1, -0.05) is 11.8 Å². The lowest BCUT2D eigenvalue weighted by Gasteiger charge is -2.12. The summed E-state index contributed by atoms with van der Waals surface area (Å²) in [6.45, 7) is 1.77. The van der Waals surface area contributed by atoms with Crippen molar-refractivity contribution in [2.75, 3.05) is 11.0 Å². The van der Waals surface area contributed by atoms with Crippen LogP contribution in [0.15, 0.2) is 26.7 Å². The molecule has 1 aromatic heterocycles. The van der Waals surface area contributed by atoms with E-state index in [-0.39, 0.29) is 6.61 Å². The van der Waals surface area contributed by atoms with E-state index >= 15 is 0 Å². The number of hydrogen-bond donors (Lipinski definition) is 2. The summed E-state index contributed by atoms with van der Waals surface area (Å²) in [4.78, 5) is 5.13. The summed E-state index contributed by atoms with van der Waals surface area (Å²) in [6.07, 6.45) is 1.10. The van der Waals surface area contributed by atoms with Crippen LogP contribution < -0.4 is 4.72 Å². The molecule has 0 unspecified atom stereocenters. The van der Waals surface area contributed by atoms with Crippen molar-refractivity contribution in [1.82, 2.24) is 4.98 Å². The summed E-state index contributed by atoms with van der Waals surface area (Å²) in [5.41, 5.74) is 2.07. The predicted octanol–water partition coefficient (Wildman–Crippen LogP) is 3.07. The number of aryl methyl sites for hydroxylation is 1. The third kappa shape index (κ3) is 4.81. The van der Waals surface area contributed by atoms with E-state index in [0.717, 1.165) is 24.8 Å². The van der Waals surface area contributed by atoms with Gasteiger partial charge < -0.3 is 5.11 Å². The molecule has 0 amide bonds. The molecule has 9 heteroatoms. The summed E-state index contributed by atoms with van der Waals surface area (Å²) >= 11 is 5.03. The lowest BCUT2D eigenvalue weighted by atomic mass is 10.2. The second-order valence-electron chi connectivity index (χ2n) is 4.33. The van der Waals surface area contributed by atoms with Gasteiger partial charge in [-0.3, -0.25) is 4.72 Å². The van der Waals surface area contributed by atoms with Crippen LogP contribution in [-0.2, 0) is 16.6 Å². The Bertz CT molecular complexity index is 759. The van der Waals surface area contributed by atoms with E-state index in [4.69, 9.17) is 0 Å². The average molecular weight is 456 g/mol. The molecule has 2 rings (SSSR count). The Morgan fingerprint density at radius 2 is 2.19 bits per heavy atom. The van der Waals surface area contributed by atoms with Gasteiger partial charge >= 0.3 is 0 Å². The Kier molecular flexibility index (Phi) is 5.52. The molecule has 0 atom stereocenters. The quantitative estimate of drug-likeness (QED) is 0.677. The first-order chi connectivity index (χ1) is 9.78. The number of sulfonamides is 1. The van der Waals surface area contributed by atoms with Crippen molar-refractivity contribution in [2.24, 2.45) is 0 Å². The van der Waals surface area contributed by atoms with Crippen LogP contribution in [0.25, 0.3) is 0 Å². The maximum atomic E-state index is 11.5. The van der Waals surface area contributed by atoms with Gasteiger partial charge in [-0.2, -0.15) is 0 Å². The molecule has 2 N–H and O–H groups in total. The van der Waals surface area contributed by atoms with Crippen LogP contribution in [0.3, 0.4) is 0 Å². The highest BCUT2D eigenvalue weighted by atomic mass is 127. The molecule has 0 fully saturated rings.